The van der Waals surface area contributed by atoms with E-state index in [9.17, 15) is 19.1 Å². The van der Waals surface area contributed by atoms with E-state index in [2.05, 4.69) is 16.0 Å². The van der Waals surface area contributed by atoms with E-state index in [1.165, 1.54) is 37.8 Å². The van der Waals surface area contributed by atoms with Gasteiger partial charge in [-0.3, -0.25) is 9.59 Å². The molecule has 1 saturated heterocycles. The molecule has 0 aromatic heterocycles. The van der Waals surface area contributed by atoms with Crippen molar-refractivity contribution in [3.05, 3.63) is 29.0 Å². The fraction of sp³-hybridized carbons (Fsp3) is 0.733. The lowest BCUT2D eigenvalue weighted by atomic mass is 9.55. The van der Waals surface area contributed by atoms with E-state index >= 15 is 4.39 Å². The van der Waals surface area contributed by atoms with Gasteiger partial charge in [-0.05, 0) is 75.3 Å². The van der Waals surface area contributed by atoms with Crippen molar-refractivity contribution >= 4 is 23.4 Å². The molecule has 7 nitrogen and oxygen atoms in total. The zero-order chi connectivity index (χ0) is 28.3. The molecule has 1 aromatic carbocycles. The Morgan fingerprint density at radius 1 is 1.12 bits per heavy atom. The standard InChI is InChI=1S/C30H42ClF2N3O4/c31-22-8-7-21(14-23(22)32)40-18-26(38)36-29-9-11-30(12-10-29,25(37)15-29)28(39)35-17-19-13-24(33)27(34-16-19)20-5-3-1-2-4-6-20/h7-8,14,19-20,24-25,27,34,37H,1-6,9-13,15-18H2,(H,35,39)(H,36,38). The van der Waals surface area contributed by atoms with E-state index < -0.39 is 29.0 Å². The van der Waals surface area contributed by atoms with Crippen LogP contribution in [-0.4, -0.2) is 60.5 Å². The topological polar surface area (TPSA) is 99.7 Å². The molecule has 6 rings (SSSR count). The van der Waals surface area contributed by atoms with E-state index in [0.29, 0.717) is 51.1 Å². The molecule has 0 radical (unpaired) electrons. The molecule has 2 amide bonds. The Bertz CT molecular complexity index is 1060. The summed E-state index contributed by atoms with van der Waals surface area (Å²) >= 11 is 5.68. The van der Waals surface area contributed by atoms with Gasteiger partial charge in [-0.25, -0.2) is 8.78 Å². The van der Waals surface area contributed by atoms with E-state index in [-0.39, 0.29) is 47.6 Å². The number of rotatable bonds is 8. The summed E-state index contributed by atoms with van der Waals surface area (Å²) < 4.78 is 34.2. The van der Waals surface area contributed by atoms with E-state index in [0.717, 1.165) is 18.9 Å². The van der Waals surface area contributed by atoms with Gasteiger partial charge in [-0.2, -0.15) is 0 Å². The Morgan fingerprint density at radius 3 is 2.50 bits per heavy atom. The van der Waals surface area contributed by atoms with Crippen LogP contribution in [0.15, 0.2) is 18.2 Å². The zero-order valence-corrected chi connectivity index (χ0v) is 23.8. The molecule has 4 saturated carbocycles. The minimum atomic E-state index is -0.904. The lowest BCUT2D eigenvalue weighted by Gasteiger charge is -2.55. The average molecular weight is 582 g/mol. The van der Waals surface area contributed by atoms with E-state index in [1.807, 2.05) is 0 Å². The van der Waals surface area contributed by atoms with Gasteiger partial charge in [0.1, 0.15) is 17.7 Å². The summed E-state index contributed by atoms with van der Waals surface area (Å²) in [5.74, 6) is -0.542. The van der Waals surface area contributed by atoms with Crippen molar-refractivity contribution in [2.75, 3.05) is 19.7 Å². The third kappa shape index (κ3) is 6.41. The van der Waals surface area contributed by atoms with Crippen molar-refractivity contribution in [3.63, 3.8) is 0 Å². The molecule has 4 aliphatic carbocycles. The Kier molecular flexibility index (Phi) is 9.22. The van der Waals surface area contributed by atoms with Crippen molar-refractivity contribution < 1.29 is 28.2 Å². The van der Waals surface area contributed by atoms with Gasteiger partial charge in [0, 0.05) is 30.7 Å². The van der Waals surface area contributed by atoms with Crippen LogP contribution in [0.3, 0.4) is 0 Å². The molecule has 10 heteroatoms. The molecule has 1 heterocycles. The highest BCUT2D eigenvalue weighted by molar-refractivity contribution is 6.30. The second-order valence-electron chi connectivity index (χ2n) is 12.6. The SMILES string of the molecule is O=C(COc1ccc(Cl)c(F)c1)NC12CCC(C(=O)NCC3CNC(C4CCCCCC4)C(F)C3)(CC1)C(O)C2. The van der Waals surface area contributed by atoms with Crippen molar-refractivity contribution in [3.8, 4) is 5.75 Å². The van der Waals surface area contributed by atoms with Gasteiger partial charge in [-0.15, -0.1) is 0 Å². The maximum atomic E-state index is 15.2. The molecule has 222 valence electrons. The van der Waals surface area contributed by atoms with Gasteiger partial charge in [0.05, 0.1) is 16.5 Å². The number of carbonyl (C=O) groups is 2. The zero-order valence-electron chi connectivity index (χ0n) is 23.0. The summed E-state index contributed by atoms with van der Waals surface area (Å²) in [7, 11) is 0. The number of aliphatic hydroxyl groups excluding tert-OH is 1. The number of ether oxygens (including phenoxy) is 1. The maximum absolute atomic E-state index is 15.2. The van der Waals surface area contributed by atoms with Crippen LogP contribution in [-0.2, 0) is 9.59 Å². The number of hydrogen-bond acceptors (Lipinski definition) is 5. The number of amides is 2. The summed E-state index contributed by atoms with van der Waals surface area (Å²) in [6.07, 6.45) is 8.04. The molecule has 5 fully saturated rings. The maximum Gasteiger partial charge on any atom is 0.258 e. The normalized spacial score (nSPS) is 34.6. The van der Waals surface area contributed by atoms with Crippen LogP contribution in [0, 0.1) is 23.1 Å². The number of alkyl halides is 1. The number of benzene rings is 1. The quantitative estimate of drug-likeness (QED) is 0.340. The third-order valence-electron chi connectivity index (χ3n) is 9.99. The van der Waals surface area contributed by atoms with Gasteiger partial charge < -0.3 is 25.8 Å². The number of carbonyl (C=O) groups excluding carboxylic acids is 2. The number of fused-ring (bicyclic) bond motifs is 3. The Hall–Kier alpha value is -1.97. The highest BCUT2D eigenvalue weighted by Gasteiger charge is 2.58. The Labute approximate surface area is 240 Å². The lowest BCUT2D eigenvalue weighted by molar-refractivity contribution is -0.156. The van der Waals surface area contributed by atoms with Gasteiger partial charge in [-0.1, -0.05) is 37.3 Å². The molecule has 4 atom stereocenters. The van der Waals surface area contributed by atoms with Crippen molar-refractivity contribution in [2.45, 2.75) is 101 Å². The minimum absolute atomic E-state index is 0.0224. The molecule has 5 aliphatic rings. The summed E-state index contributed by atoms with van der Waals surface area (Å²) in [6, 6.07) is 3.90. The van der Waals surface area contributed by atoms with Crippen LogP contribution in [0.5, 0.6) is 5.75 Å². The highest BCUT2D eigenvalue weighted by Crippen LogP contribution is 2.52. The van der Waals surface area contributed by atoms with Crippen LogP contribution in [0.25, 0.3) is 0 Å². The fourth-order valence-electron chi connectivity index (χ4n) is 7.56. The second kappa shape index (κ2) is 12.5. The van der Waals surface area contributed by atoms with Crippen LogP contribution < -0.4 is 20.7 Å². The highest BCUT2D eigenvalue weighted by atomic mass is 35.5. The monoisotopic (exact) mass is 581 g/mol. The largest absolute Gasteiger partial charge is 0.484 e. The molecular weight excluding hydrogens is 540 g/mol. The van der Waals surface area contributed by atoms with Gasteiger partial charge in [0.25, 0.3) is 5.91 Å². The molecule has 4 N–H and O–H groups in total. The molecule has 40 heavy (non-hydrogen) atoms. The van der Waals surface area contributed by atoms with Gasteiger partial charge in [0.15, 0.2) is 6.61 Å². The molecule has 4 unspecified atom stereocenters. The van der Waals surface area contributed by atoms with Gasteiger partial charge in [0.2, 0.25) is 5.91 Å². The molecule has 1 aromatic rings. The van der Waals surface area contributed by atoms with Crippen molar-refractivity contribution in [1.82, 2.24) is 16.0 Å². The van der Waals surface area contributed by atoms with Gasteiger partial charge >= 0.3 is 0 Å². The summed E-state index contributed by atoms with van der Waals surface area (Å²) in [6.45, 7) is 0.789. The Morgan fingerprint density at radius 2 is 1.85 bits per heavy atom. The van der Waals surface area contributed by atoms with Crippen molar-refractivity contribution in [1.29, 1.82) is 0 Å². The van der Waals surface area contributed by atoms with Crippen LogP contribution in [0.1, 0.15) is 77.0 Å². The molecule has 1 aliphatic heterocycles. The van der Waals surface area contributed by atoms with Crippen molar-refractivity contribution in [2.24, 2.45) is 17.3 Å². The van der Waals surface area contributed by atoms with Crippen LogP contribution in [0.4, 0.5) is 8.78 Å². The molecule has 2 bridgehead atoms. The molecular formula is C30H42ClF2N3O4. The number of halogens is 3. The number of aliphatic hydroxyl groups is 1. The Balaban J connectivity index is 1.08. The lowest BCUT2D eigenvalue weighted by Crippen LogP contribution is -2.66. The predicted molar refractivity (Wildman–Crippen MR) is 148 cm³/mol. The first-order valence-electron chi connectivity index (χ1n) is 14.9. The number of piperidine rings is 1. The summed E-state index contributed by atoms with van der Waals surface area (Å²) in [5.41, 5.74) is -1.49. The minimum Gasteiger partial charge on any atom is -0.484 e. The first-order valence-corrected chi connectivity index (χ1v) is 15.3. The van der Waals surface area contributed by atoms with Crippen LogP contribution in [0.2, 0.25) is 5.02 Å². The average Bonchev–Trinajstić information content (AvgIpc) is 3.22. The predicted octanol–water partition coefficient (Wildman–Crippen LogP) is 4.44. The third-order valence-corrected chi connectivity index (χ3v) is 10.3. The van der Waals surface area contributed by atoms with E-state index in [4.69, 9.17) is 16.3 Å². The summed E-state index contributed by atoms with van der Waals surface area (Å²) in [5, 5.41) is 20.5. The first-order chi connectivity index (χ1) is 19.2. The van der Waals surface area contributed by atoms with Crippen LogP contribution >= 0.6 is 11.6 Å². The fourth-order valence-corrected chi connectivity index (χ4v) is 7.68. The molecule has 0 spiro atoms. The number of nitrogens with one attached hydrogen (secondary N) is 3. The smallest absolute Gasteiger partial charge is 0.258 e. The number of hydrogen-bond donors (Lipinski definition) is 4. The summed E-state index contributed by atoms with van der Waals surface area (Å²) in [4.78, 5) is 26.0. The second-order valence-corrected chi connectivity index (χ2v) is 13.0. The first kappa shape index (κ1) is 29.5. The van der Waals surface area contributed by atoms with E-state index in [1.54, 1.807) is 0 Å².